The lowest BCUT2D eigenvalue weighted by Crippen LogP contribution is -2.51. The summed E-state index contributed by atoms with van der Waals surface area (Å²) in [5.74, 6) is 2.27. The zero-order chi connectivity index (χ0) is 14.8. The molecule has 0 aliphatic heterocycles. The van der Waals surface area contributed by atoms with Crippen LogP contribution in [0.15, 0.2) is 11.6 Å². The van der Waals surface area contributed by atoms with Gasteiger partial charge in [0.15, 0.2) is 0 Å². The molecule has 0 amide bonds. The Hall–Kier alpha value is -0.340. The van der Waals surface area contributed by atoms with E-state index in [0.717, 1.165) is 37.5 Å². The Labute approximate surface area is 128 Å². The van der Waals surface area contributed by atoms with Gasteiger partial charge in [0.25, 0.3) is 0 Å². The summed E-state index contributed by atoms with van der Waals surface area (Å²) in [6.07, 6.45) is 11.2. The van der Waals surface area contributed by atoms with Crippen LogP contribution in [0.2, 0.25) is 0 Å². The van der Waals surface area contributed by atoms with Gasteiger partial charge in [-0.3, -0.25) is 0 Å². The molecule has 3 fully saturated rings. The smallest absolute Gasteiger partial charge is 0.0596 e. The zero-order valence-corrected chi connectivity index (χ0v) is 13.5. The molecule has 0 heterocycles. The molecule has 1 unspecified atom stereocenters. The Bertz CT molecular complexity index is 470. The van der Waals surface area contributed by atoms with E-state index in [1.54, 1.807) is 5.57 Å². The summed E-state index contributed by atoms with van der Waals surface area (Å²) in [6, 6.07) is 0. The number of hydrogen-bond acceptors (Lipinski definition) is 2. The first-order chi connectivity index (χ1) is 9.95. The van der Waals surface area contributed by atoms with Crippen LogP contribution in [0.5, 0.6) is 0 Å². The van der Waals surface area contributed by atoms with E-state index in [4.69, 9.17) is 0 Å². The van der Waals surface area contributed by atoms with Crippen molar-refractivity contribution in [1.29, 1.82) is 0 Å². The summed E-state index contributed by atoms with van der Waals surface area (Å²) in [6.45, 7) is 4.81. The predicted molar refractivity (Wildman–Crippen MR) is 83.7 cm³/mol. The van der Waals surface area contributed by atoms with Crippen molar-refractivity contribution in [3.63, 3.8) is 0 Å². The lowest BCUT2D eigenvalue weighted by molar-refractivity contribution is -0.0711. The van der Waals surface area contributed by atoms with Crippen LogP contribution in [-0.4, -0.2) is 22.4 Å². The van der Waals surface area contributed by atoms with Crippen LogP contribution in [-0.2, 0) is 0 Å². The highest BCUT2D eigenvalue weighted by Gasteiger charge is 2.58. The fourth-order valence-corrected chi connectivity index (χ4v) is 6.61. The maximum atomic E-state index is 10.5. The average molecular weight is 290 g/mol. The third-order valence-corrected chi connectivity index (χ3v) is 8.03. The van der Waals surface area contributed by atoms with Gasteiger partial charge in [-0.25, -0.2) is 0 Å². The van der Waals surface area contributed by atoms with Gasteiger partial charge < -0.3 is 10.2 Å². The Balaban J connectivity index is 1.68. The van der Waals surface area contributed by atoms with E-state index in [1.807, 2.05) is 0 Å². The molecule has 7 atom stereocenters. The Morgan fingerprint density at radius 2 is 1.81 bits per heavy atom. The molecule has 2 nitrogen and oxygen atoms in total. The van der Waals surface area contributed by atoms with Crippen molar-refractivity contribution in [2.45, 2.75) is 77.4 Å². The Morgan fingerprint density at radius 3 is 2.62 bits per heavy atom. The molecule has 0 bridgehead atoms. The van der Waals surface area contributed by atoms with Crippen LogP contribution < -0.4 is 0 Å². The molecule has 118 valence electrons. The molecule has 21 heavy (non-hydrogen) atoms. The summed E-state index contributed by atoms with van der Waals surface area (Å²) in [5, 5.41) is 20.5. The molecule has 0 aromatic rings. The molecule has 0 radical (unpaired) electrons. The summed E-state index contributed by atoms with van der Waals surface area (Å²) in [4.78, 5) is 0. The fourth-order valence-electron chi connectivity index (χ4n) is 6.61. The van der Waals surface area contributed by atoms with Crippen LogP contribution in [0, 0.1) is 28.6 Å². The van der Waals surface area contributed by atoms with E-state index in [2.05, 4.69) is 19.9 Å². The molecule has 4 aliphatic rings. The van der Waals surface area contributed by atoms with Gasteiger partial charge in [0.05, 0.1) is 12.2 Å². The van der Waals surface area contributed by atoms with Gasteiger partial charge >= 0.3 is 0 Å². The highest BCUT2D eigenvalue weighted by molar-refractivity contribution is 5.25. The quantitative estimate of drug-likeness (QED) is 0.668. The van der Waals surface area contributed by atoms with E-state index in [9.17, 15) is 10.2 Å². The Kier molecular flexibility index (Phi) is 3.11. The standard InChI is InChI=1S/C19H30O2/c1-18-9-7-13(20)11-12(18)3-4-14-15-5-6-17(21)19(15,2)10-8-16(14)18/h3,13-17,20-21H,4-11H2,1-2H3/t13-,14+,15+,16+,17?,18+,19+/m1/s1. The molecular weight excluding hydrogens is 260 g/mol. The Morgan fingerprint density at radius 1 is 1.00 bits per heavy atom. The molecule has 4 aliphatic carbocycles. The van der Waals surface area contributed by atoms with Crippen LogP contribution >= 0.6 is 0 Å². The van der Waals surface area contributed by atoms with Gasteiger partial charge in [0, 0.05) is 0 Å². The lowest BCUT2D eigenvalue weighted by atomic mass is 9.48. The summed E-state index contributed by atoms with van der Waals surface area (Å²) >= 11 is 0. The lowest BCUT2D eigenvalue weighted by Gasteiger charge is -2.57. The maximum Gasteiger partial charge on any atom is 0.0596 e. The molecule has 0 aromatic heterocycles. The minimum Gasteiger partial charge on any atom is -0.393 e. The van der Waals surface area contributed by atoms with Gasteiger partial charge in [0.1, 0.15) is 0 Å². The van der Waals surface area contributed by atoms with Gasteiger partial charge in [-0.15, -0.1) is 0 Å². The first kappa shape index (κ1) is 14.3. The molecule has 3 saturated carbocycles. The van der Waals surface area contributed by atoms with Crippen LogP contribution in [0.4, 0.5) is 0 Å². The number of aliphatic hydroxyl groups is 2. The van der Waals surface area contributed by atoms with E-state index in [-0.39, 0.29) is 17.6 Å². The second-order valence-electron chi connectivity index (χ2n) is 8.79. The second kappa shape index (κ2) is 4.58. The SMILES string of the molecule is C[C@]12CC[C@@H](O)CC1=CC[C@@H]1[C@@H]2CC[C@]2(C)C(O)CC[C@@H]12. The molecule has 2 heteroatoms. The van der Waals surface area contributed by atoms with Crippen molar-refractivity contribution >= 4 is 0 Å². The zero-order valence-electron chi connectivity index (χ0n) is 13.5. The minimum absolute atomic E-state index is 0.0742. The number of rotatable bonds is 0. The molecule has 4 rings (SSSR count). The molecule has 0 aromatic carbocycles. The summed E-state index contributed by atoms with van der Waals surface area (Å²) in [5.41, 5.74) is 2.05. The second-order valence-corrected chi connectivity index (χ2v) is 8.79. The van der Waals surface area contributed by atoms with Crippen molar-refractivity contribution in [1.82, 2.24) is 0 Å². The third-order valence-electron chi connectivity index (χ3n) is 8.03. The fraction of sp³-hybridized carbons (Fsp3) is 0.895. The summed E-state index contributed by atoms with van der Waals surface area (Å²) in [7, 11) is 0. The number of allylic oxidation sites excluding steroid dienone is 1. The predicted octanol–water partition coefficient (Wildman–Crippen LogP) is 3.67. The van der Waals surface area contributed by atoms with Crippen molar-refractivity contribution in [2.24, 2.45) is 28.6 Å². The van der Waals surface area contributed by atoms with Crippen LogP contribution in [0.1, 0.15) is 65.2 Å². The molecule has 2 N–H and O–H groups in total. The maximum absolute atomic E-state index is 10.5. The highest BCUT2D eigenvalue weighted by Crippen LogP contribution is 2.64. The molecule has 0 spiro atoms. The van der Waals surface area contributed by atoms with Crippen LogP contribution in [0.25, 0.3) is 0 Å². The first-order valence-electron chi connectivity index (χ1n) is 9.01. The molecular formula is C19H30O2. The van der Waals surface area contributed by atoms with Gasteiger partial charge in [-0.05, 0) is 80.0 Å². The van der Waals surface area contributed by atoms with E-state index in [1.165, 1.54) is 25.7 Å². The van der Waals surface area contributed by atoms with Gasteiger partial charge in [0.2, 0.25) is 0 Å². The monoisotopic (exact) mass is 290 g/mol. The normalized spacial score (nSPS) is 56.2. The van der Waals surface area contributed by atoms with E-state index in [0.29, 0.717) is 11.3 Å². The van der Waals surface area contributed by atoms with Gasteiger partial charge in [-0.1, -0.05) is 25.5 Å². The highest BCUT2D eigenvalue weighted by atomic mass is 16.3. The topological polar surface area (TPSA) is 40.5 Å². The van der Waals surface area contributed by atoms with Crippen molar-refractivity contribution in [2.75, 3.05) is 0 Å². The van der Waals surface area contributed by atoms with Crippen molar-refractivity contribution < 1.29 is 10.2 Å². The summed E-state index contributed by atoms with van der Waals surface area (Å²) < 4.78 is 0. The number of fused-ring (bicyclic) bond motifs is 5. The first-order valence-corrected chi connectivity index (χ1v) is 9.01. The molecule has 0 saturated heterocycles. The number of aliphatic hydroxyl groups excluding tert-OH is 2. The minimum atomic E-state index is -0.108. The van der Waals surface area contributed by atoms with E-state index < -0.39 is 0 Å². The van der Waals surface area contributed by atoms with E-state index >= 15 is 0 Å². The van der Waals surface area contributed by atoms with Crippen molar-refractivity contribution in [3.8, 4) is 0 Å². The average Bonchev–Trinajstić information content (AvgIpc) is 2.76. The largest absolute Gasteiger partial charge is 0.393 e. The number of hydrogen-bond donors (Lipinski definition) is 2. The third kappa shape index (κ3) is 1.84. The van der Waals surface area contributed by atoms with Crippen molar-refractivity contribution in [3.05, 3.63) is 11.6 Å². The van der Waals surface area contributed by atoms with Gasteiger partial charge in [-0.2, -0.15) is 0 Å². The van der Waals surface area contributed by atoms with Crippen LogP contribution in [0.3, 0.4) is 0 Å².